The van der Waals surface area contributed by atoms with Crippen molar-refractivity contribution in [3.63, 3.8) is 0 Å². The number of benzene rings is 1. The van der Waals surface area contributed by atoms with Crippen LogP contribution in [0, 0.1) is 12.8 Å². The van der Waals surface area contributed by atoms with Crippen molar-refractivity contribution in [1.29, 1.82) is 0 Å². The zero-order valence-corrected chi connectivity index (χ0v) is 11.5. The number of carbonyl (C=O) groups is 2. The van der Waals surface area contributed by atoms with Gasteiger partial charge in [0, 0.05) is 25.3 Å². The number of β-amino-alcohol motifs (C(OH)–C–C–N with tert-alkyl or cyclic N) is 1. The van der Waals surface area contributed by atoms with Gasteiger partial charge >= 0.3 is 0 Å². The summed E-state index contributed by atoms with van der Waals surface area (Å²) in [6, 6.07) is 7.74. The number of carbonyl (C=O) groups excluding carboxylic acids is 2. The third kappa shape index (κ3) is 2.18. The Balaban J connectivity index is 1.70. The molecule has 5 heteroatoms. The van der Waals surface area contributed by atoms with Crippen molar-refractivity contribution in [2.24, 2.45) is 5.92 Å². The van der Waals surface area contributed by atoms with Crippen LogP contribution in [-0.4, -0.2) is 47.6 Å². The Kier molecular flexibility index (Phi) is 3.22. The van der Waals surface area contributed by atoms with Gasteiger partial charge in [-0.25, -0.2) is 0 Å². The van der Waals surface area contributed by atoms with Crippen molar-refractivity contribution in [3.05, 3.63) is 29.8 Å². The van der Waals surface area contributed by atoms with Crippen LogP contribution in [0.1, 0.15) is 12.0 Å². The maximum Gasteiger partial charge on any atom is 0.239 e. The molecule has 106 valence electrons. The molecule has 1 aromatic carbocycles. The Morgan fingerprint density at radius 1 is 1.25 bits per heavy atom. The molecule has 5 nitrogen and oxygen atoms in total. The number of aliphatic hydroxyl groups is 1. The van der Waals surface area contributed by atoms with Gasteiger partial charge in [0.15, 0.2) is 0 Å². The lowest BCUT2D eigenvalue weighted by atomic mass is 10.0. The van der Waals surface area contributed by atoms with E-state index in [0.717, 1.165) is 11.3 Å². The number of nitrogens with zero attached hydrogens (tertiary/aromatic N) is 2. The maximum absolute atomic E-state index is 12.4. The van der Waals surface area contributed by atoms with Gasteiger partial charge in [0.2, 0.25) is 11.8 Å². The molecule has 2 saturated heterocycles. The number of likely N-dealkylation sites (tertiary alicyclic amines) is 1. The second-order valence-corrected chi connectivity index (χ2v) is 5.56. The molecule has 0 aromatic heterocycles. The van der Waals surface area contributed by atoms with Crippen LogP contribution in [0.2, 0.25) is 0 Å². The third-order valence-electron chi connectivity index (χ3n) is 4.02. The van der Waals surface area contributed by atoms with Crippen LogP contribution in [0.25, 0.3) is 0 Å². The molecule has 0 aliphatic carbocycles. The molecule has 2 aliphatic rings. The third-order valence-corrected chi connectivity index (χ3v) is 4.02. The predicted octanol–water partition coefficient (Wildman–Crippen LogP) is 0.551. The van der Waals surface area contributed by atoms with Crippen LogP contribution in [0.15, 0.2) is 24.3 Å². The van der Waals surface area contributed by atoms with E-state index < -0.39 is 12.0 Å². The molecule has 1 unspecified atom stereocenters. The highest BCUT2D eigenvalue weighted by molar-refractivity contribution is 6.09. The first-order chi connectivity index (χ1) is 9.56. The summed E-state index contributed by atoms with van der Waals surface area (Å²) in [6.45, 7) is 3.28. The quantitative estimate of drug-likeness (QED) is 0.801. The molecule has 1 atom stereocenters. The number of aliphatic hydroxyl groups excluding tert-OH is 1. The number of rotatable bonds is 2. The molecule has 3 rings (SSSR count). The fourth-order valence-corrected chi connectivity index (χ4v) is 2.75. The molecule has 2 aliphatic heterocycles. The van der Waals surface area contributed by atoms with Crippen molar-refractivity contribution < 1.29 is 14.7 Å². The maximum atomic E-state index is 12.4. The second-order valence-electron chi connectivity index (χ2n) is 5.56. The first kappa shape index (κ1) is 13.1. The zero-order valence-electron chi connectivity index (χ0n) is 11.5. The first-order valence-corrected chi connectivity index (χ1v) is 6.91. The van der Waals surface area contributed by atoms with Crippen LogP contribution in [0.4, 0.5) is 5.69 Å². The van der Waals surface area contributed by atoms with Crippen LogP contribution in [0.5, 0.6) is 0 Å². The molecule has 0 radical (unpaired) electrons. The Morgan fingerprint density at radius 3 is 2.50 bits per heavy atom. The minimum absolute atomic E-state index is 0.125. The lowest BCUT2D eigenvalue weighted by Gasteiger charge is -2.37. The van der Waals surface area contributed by atoms with Gasteiger partial charge in [-0.2, -0.15) is 0 Å². The fraction of sp³-hybridized carbons (Fsp3) is 0.467. The predicted molar refractivity (Wildman–Crippen MR) is 74.2 cm³/mol. The summed E-state index contributed by atoms with van der Waals surface area (Å²) in [6.07, 6.45) is 0.127. The largest absolute Gasteiger partial charge is 0.389 e. The Morgan fingerprint density at radius 2 is 1.90 bits per heavy atom. The topological polar surface area (TPSA) is 60.9 Å². The van der Waals surface area contributed by atoms with E-state index >= 15 is 0 Å². The van der Waals surface area contributed by atoms with Crippen molar-refractivity contribution in [2.75, 3.05) is 24.5 Å². The fourth-order valence-electron chi connectivity index (χ4n) is 2.75. The molecule has 0 bridgehead atoms. The summed E-state index contributed by atoms with van der Waals surface area (Å²) in [5, 5.41) is 9.24. The van der Waals surface area contributed by atoms with Gasteiger partial charge in [0.05, 0.1) is 6.10 Å². The molecule has 1 N–H and O–H groups in total. The smallest absolute Gasteiger partial charge is 0.239 e. The average Bonchev–Trinajstić information content (AvgIpc) is 2.77. The number of hydrogen-bond acceptors (Lipinski definition) is 3. The van der Waals surface area contributed by atoms with Gasteiger partial charge in [-0.05, 0) is 25.5 Å². The van der Waals surface area contributed by atoms with E-state index in [4.69, 9.17) is 0 Å². The normalized spacial score (nSPS) is 23.1. The average molecular weight is 274 g/mol. The molecule has 0 saturated carbocycles. The van der Waals surface area contributed by atoms with Gasteiger partial charge in [-0.3, -0.25) is 9.59 Å². The van der Waals surface area contributed by atoms with Crippen molar-refractivity contribution in [3.8, 4) is 0 Å². The number of amides is 2. The molecule has 2 fully saturated rings. The highest BCUT2D eigenvalue weighted by Crippen LogP contribution is 2.27. The second kappa shape index (κ2) is 4.90. The lowest BCUT2D eigenvalue weighted by molar-refractivity contribution is -0.148. The molecular weight excluding hydrogens is 256 g/mol. The van der Waals surface area contributed by atoms with E-state index in [9.17, 15) is 14.7 Å². The van der Waals surface area contributed by atoms with Crippen LogP contribution in [0.3, 0.4) is 0 Å². The summed E-state index contributed by atoms with van der Waals surface area (Å²) < 4.78 is 0. The number of aryl methyl sites for hydroxylation is 1. The Bertz CT molecular complexity index is 535. The Labute approximate surface area is 117 Å². The van der Waals surface area contributed by atoms with E-state index in [1.54, 1.807) is 9.80 Å². The molecule has 0 spiro atoms. The van der Waals surface area contributed by atoms with E-state index in [1.165, 1.54) is 0 Å². The molecule has 1 aromatic rings. The molecular formula is C15H18N2O3. The van der Waals surface area contributed by atoms with Crippen molar-refractivity contribution >= 4 is 17.5 Å². The van der Waals surface area contributed by atoms with Crippen molar-refractivity contribution in [2.45, 2.75) is 19.4 Å². The van der Waals surface area contributed by atoms with Crippen molar-refractivity contribution in [1.82, 2.24) is 4.90 Å². The molecule has 20 heavy (non-hydrogen) atoms. The number of anilines is 1. The zero-order chi connectivity index (χ0) is 14.3. The van der Waals surface area contributed by atoms with E-state index in [2.05, 4.69) is 0 Å². The minimum atomic E-state index is -0.580. The van der Waals surface area contributed by atoms with Gasteiger partial charge in [0.1, 0.15) is 5.92 Å². The number of hydrogen-bond donors (Lipinski definition) is 1. The Hall–Kier alpha value is -1.88. The van der Waals surface area contributed by atoms with E-state index in [1.807, 2.05) is 31.2 Å². The van der Waals surface area contributed by atoms with Gasteiger partial charge in [0.25, 0.3) is 0 Å². The summed E-state index contributed by atoms with van der Waals surface area (Å²) in [7, 11) is 0. The summed E-state index contributed by atoms with van der Waals surface area (Å²) in [4.78, 5) is 27.8. The highest BCUT2D eigenvalue weighted by atomic mass is 16.3. The first-order valence-electron chi connectivity index (χ1n) is 6.91. The molecule has 2 amide bonds. The highest BCUT2D eigenvalue weighted by Gasteiger charge is 2.42. The summed E-state index contributed by atoms with van der Waals surface area (Å²) in [5.41, 5.74) is 1.99. The standard InChI is InChI=1S/C15H18N2O3/c1-10-2-4-11(5-3-10)17-7-6-13(15(17)20)14(19)16-8-12(18)9-16/h2-5,12-13,18H,6-9H2,1H3. The SMILES string of the molecule is Cc1ccc(N2CCC(C(=O)N3CC(O)C3)C2=O)cc1. The van der Waals surface area contributed by atoms with Gasteiger partial charge in [-0.1, -0.05) is 17.7 Å². The lowest BCUT2D eigenvalue weighted by Crippen LogP contribution is -2.56. The molecule has 2 heterocycles. The van der Waals surface area contributed by atoms with E-state index in [-0.39, 0.29) is 11.8 Å². The van der Waals surface area contributed by atoms with Crippen LogP contribution < -0.4 is 4.90 Å². The van der Waals surface area contributed by atoms with Gasteiger partial charge in [-0.15, -0.1) is 0 Å². The van der Waals surface area contributed by atoms with Gasteiger partial charge < -0.3 is 14.9 Å². The summed E-state index contributed by atoms with van der Waals surface area (Å²) in [5.74, 6) is -0.848. The van der Waals surface area contributed by atoms with E-state index in [0.29, 0.717) is 26.1 Å². The summed E-state index contributed by atoms with van der Waals surface area (Å²) >= 11 is 0. The van der Waals surface area contributed by atoms with Crippen LogP contribution >= 0.6 is 0 Å². The monoisotopic (exact) mass is 274 g/mol. The minimum Gasteiger partial charge on any atom is -0.389 e. The van der Waals surface area contributed by atoms with Crippen LogP contribution in [-0.2, 0) is 9.59 Å².